The average molecular weight is 532 g/mol. The molecule has 0 aliphatic carbocycles. The van der Waals surface area contributed by atoms with Crippen LogP contribution in [0.1, 0.15) is 128 Å². The normalized spacial score (nSPS) is 11.1. The summed E-state index contributed by atoms with van der Waals surface area (Å²) in [7, 11) is 1.47. The van der Waals surface area contributed by atoms with Crippen molar-refractivity contribution in [2.24, 2.45) is 0 Å². The van der Waals surface area contributed by atoms with Crippen LogP contribution in [0.25, 0.3) is 0 Å². The van der Waals surface area contributed by atoms with E-state index >= 15 is 0 Å². The van der Waals surface area contributed by atoms with Gasteiger partial charge >= 0.3 is 5.97 Å². The lowest BCUT2D eigenvalue weighted by molar-refractivity contribution is -0.148. The largest absolute Gasteiger partial charge is 0.504 e. The Labute approximate surface area is 231 Å². The third-order valence-electron chi connectivity index (χ3n) is 6.74. The van der Waals surface area contributed by atoms with E-state index in [2.05, 4.69) is 24.4 Å². The molecule has 6 heteroatoms. The summed E-state index contributed by atoms with van der Waals surface area (Å²) in [6.45, 7) is 2.26. The zero-order valence-corrected chi connectivity index (χ0v) is 24.1. The molecule has 1 amide bonds. The summed E-state index contributed by atoms with van der Waals surface area (Å²) in [6.07, 6.45) is 26.5. The molecule has 1 rings (SSSR count). The van der Waals surface area contributed by atoms with Crippen molar-refractivity contribution in [3.63, 3.8) is 0 Å². The van der Waals surface area contributed by atoms with Gasteiger partial charge in [-0.25, -0.2) is 0 Å². The number of amides is 1. The Kier molecular flexibility index (Phi) is 20.8. The van der Waals surface area contributed by atoms with Gasteiger partial charge in [-0.15, -0.1) is 0 Å². The minimum absolute atomic E-state index is 0.0455. The Morgan fingerprint density at radius 2 is 1.37 bits per heavy atom. The highest BCUT2D eigenvalue weighted by Gasteiger charge is 2.08. The fraction of sp³-hybridized carbons (Fsp3) is 0.688. The van der Waals surface area contributed by atoms with E-state index < -0.39 is 0 Å². The third kappa shape index (κ3) is 18.7. The Bertz CT molecular complexity index is 777. The lowest BCUT2D eigenvalue weighted by Crippen LogP contribution is -2.28. The Morgan fingerprint density at radius 1 is 0.816 bits per heavy atom. The minimum Gasteiger partial charge on any atom is -0.504 e. The van der Waals surface area contributed by atoms with Gasteiger partial charge in [0.15, 0.2) is 18.1 Å². The van der Waals surface area contributed by atoms with Crippen molar-refractivity contribution in [3.05, 3.63) is 35.9 Å². The molecule has 0 unspecified atom stereocenters. The van der Waals surface area contributed by atoms with Gasteiger partial charge in [0.1, 0.15) is 0 Å². The van der Waals surface area contributed by atoms with Crippen molar-refractivity contribution in [1.29, 1.82) is 0 Å². The monoisotopic (exact) mass is 531 g/mol. The van der Waals surface area contributed by atoms with Crippen LogP contribution < -0.4 is 10.1 Å². The Balaban J connectivity index is 1.87. The number of esters is 1. The zero-order valence-electron chi connectivity index (χ0n) is 24.1. The molecular formula is C32H53NO5. The van der Waals surface area contributed by atoms with Crippen LogP contribution in [0.15, 0.2) is 30.4 Å². The van der Waals surface area contributed by atoms with Gasteiger partial charge in [0, 0.05) is 13.0 Å². The molecule has 0 heterocycles. The molecule has 0 saturated heterocycles. The average Bonchev–Trinajstić information content (AvgIpc) is 2.92. The molecule has 0 spiro atoms. The number of aromatic hydroxyl groups is 1. The topological polar surface area (TPSA) is 84.9 Å². The molecule has 1 aromatic carbocycles. The van der Waals surface area contributed by atoms with Crippen molar-refractivity contribution < 1.29 is 24.2 Å². The molecule has 0 atom stereocenters. The predicted molar refractivity (Wildman–Crippen MR) is 155 cm³/mol. The van der Waals surface area contributed by atoms with Crippen molar-refractivity contribution in [1.82, 2.24) is 5.32 Å². The number of allylic oxidation sites excluding steroid dienone is 2. The maximum Gasteiger partial charge on any atom is 0.306 e. The molecule has 2 N–H and O–H groups in total. The maximum atomic E-state index is 11.9. The van der Waals surface area contributed by atoms with Gasteiger partial charge < -0.3 is 19.9 Å². The number of unbranched alkanes of at least 4 members (excludes halogenated alkanes) is 15. The summed E-state index contributed by atoms with van der Waals surface area (Å²) in [5, 5.41) is 12.3. The van der Waals surface area contributed by atoms with Gasteiger partial charge in [-0.05, 0) is 49.8 Å². The van der Waals surface area contributed by atoms with E-state index in [-0.39, 0.29) is 30.8 Å². The second-order valence-electron chi connectivity index (χ2n) is 10.2. The molecular weight excluding hydrogens is 478 g/mol. The number of ether oxygens (including phenoxy) is 2. The molecule has 216 valence electrons. The number of rotatable bonds is 24. The van der Waals surface area contributed by atoms with Crippen LogP contribution in [0, 0.1) is 0 Å². The highest BCUT2D eigenvalue weighted by molar-refractivity contribution is 5.80. The number of phenols is 1. The first-order chi connectivity index (χ1) is 18.6. The van der Waals surface area contributed by atoms with E-state index in [4.69, 9.17) is 9.47 Å². The highest BCUT2D eigenvalue weighted by atomic mass is 16.5. The molecule has 0 aliphatic rings. The highest BCUT2D eigenvalue weighted by Crippen LogP contribution is 2.26. The van der Waals surface area contributed by atoms with Crippen LogP contribution in [0.5, 0.6) is 11.5 Å². The van der Waals surface area contributed by atoms with Crippen LogP contribution in [0.4, 0.5) is 0 Å². The van der Waals surface area contributed by atoms with Crippen LogP contribution in [0.3, 0.4) is 0 Å². The number of benzene rings is 1. The number of phenolic OH excluding ortho intramolecular Hbond substituents is 1. The number of hydrogen-bond donors (Lipinski definition) is 2. The van der Waals surface area contributed by atoms with Gasteiger partial charge in [0.25, 0.3) is 5.91 Å². The van der Waals surface area contributed by atoms with Gasteiger partial charge in [-0.3, -0.25) is 9.59 Å². The van der Waals surface area contributed by atoms with Gasteiger partial charge in [0.2, 0.25) is 0 Å². The fourth-order valence-electron chi connectivity index (χ4n) is 4.35. The quantitative estimate of drug-likeness (QED) is 0.0798. The van der Waals surface area contributed by atoms with Crippen molar-refractivity contribution in [3.8, 4) is 11.5 Å². The van der Waals surface area contributed by atoms with Gasteiger partial charge in [-0.2, -0.15) is 0 Å². The van der Waals surface area contributed by atoms with E-state index in [1.165, 1.54) is 103 Å². The minimum atomic E-state index is -0.352. The van der Waals surface area contributed by atoms with E-state index in [1.54, 1.807) is 12.1 Å². The molecule has 6 nitrogen and oxygen atoms in total. The summed E-state index contributed by atoms with van der Waals surface area (Å²) >= 11 is 0. The Morgan fingerprint density at radius 3 is 1.95 bits per heavy atom. The SMILES string of the molecule is CCCCCCCC/C=C/CCCCCCCCCCCC(=O)OCC(=O)NCc1ccc(O)c(OC)c1. The number of carbonyl (C=O) groups is 2. The molecule has 38 heavy (non-hydrogen) atoms. The molecule has 0 radical (unpaired) electrons. The molecule has 0 aliphatic heterocycles. The van der Waals surface area contributed by atoms with Crippen molar-refractivity contribution in [2.45, 2.75) is 129 Å². The second-order valence-corrected chi connectivity index (χ2v) is 10.2. The summed E-state index contributed by atoms with van der Waals surface area (Å²) in [5.41, 5.74) is 0.783. The van der Waals surface area contributed by atoms with E-state index in [9.17, 15) is 14.7 Å². The van der Waals surface area contributed by atoms with E-state index in [0.29, 0.717) is 12.2 Å². The molecule has 0 aromatic heterocycles. The van der Waals surface area contributed by atoms with Crippen LogP contribution in [-0.4, -0.2) is 30.7 Å². The fourth-order valence-corrected chi connectivity index (χ4v) is 4.35. The number of methoxy groups -OCH3 is 1. The van der Waals surface area contributed by atoms with Crippen LogP contribution in [-0.2, 0) is 20.9 Å². The van der Waals surface area contributed by atoms with Gasteiger partial charge in [-0.1, -0.05) is 102 Å². The maximum absolute atomic E-state index is 11.9. The first kappa shape index (κ1) is 33.5. The molecule has 0 bridgehead atoms. The van der Waals surface area contributed by atoms with Crippen molar-refractivity contribution >= 4 is 11.9 Å². The molecule has 1 aromatic rings. The third-order valence-corrected chi connectivity index (χ3v) is 6.74. The summed E-state index contributed by atoms with van der Waals surface area (Å²) < 4.78 is 10.1. The first-order valence-corrected chi connectivity index (χ1v) is 15.0. The standard InChI is InChI=1S/C32H53NO5/c1-3-4-5-6-7-8-9-10-11-12-13-14-15-16-17-18-19-20-21-22-32(36)38-27-31(35)33-26-28-23-24-29(34)30(25-28)37-2/h10-11,23-25,34H,3-9,12-22,26-27H2,1-2H3,(H,33,35)/b11-10+. The lowest BCUT2D eigenvalue weighted by atomic mass is 10.1. The second kappa shape index (κ2) is 23.6. The Hall–Kier alpha value is -2.50. The van der Waals surface area contributed by atoms with E-state index in [0.717, 1.165) is 24.8 Å². The van der Waals surface area contributed by atoms with E-state index in [1.807, 2.05) is 0 Å². The summed E-state index contributed by atoms with van der Waals surface area (Å²) in [6, 6.07) is 4.86. The van der Waals surface area contributed by atoms with Crippen molar-refractivity contribution in [2.75, 3.05) is 13.7 Å². The number of hydrogen-bond acceptors (Lipinski definition) is 5. The number of carbonyl (C=O) groups excluding carboxylic acids is 2. The first-order valence-electron chi connectivity index (χ1n) is 15.0. The summed E-state index contributed by atoms with van der Waals surface area (Å²) in [4.78, 5) is 23.8. The van der Waals surface area contributed by atoms with Gasteiger partial charge in [0.05, 0.1) is 7.11 Å². The zero-order chi connectivity index (χ0) is 27.7. The molecule has 0 fully saturated rings. The summed E-state index contributed by atoms with van der Waals surface area (Å²) in [5.74, 6) is -0.285. The van der Waals surface area contributed by atoms with Crippen LogP contribution in [0.2, 0.25) is 0 Å². The molecule has 0 saturated carbocycles. The lowest BCUT2D eigenvalue weighted by Gasteiger charge is -2.09. The number of nitrogens with one attached hydrogen (secondary N) is 1. The van der Waals surface area contributed by atoms with Crippen LogP contribution >= 0.6 is 0 Å². The smallest absolute Gasteiger partial charge is 0.306 e. The predicted octanol–water partition coefficient (Wildman–Crippen LogP) is 8.16.